The van der Waals surface area contributed by atoms with Gasteiger partial charge in [-0.05, 0) is 18.2 Å². The number of ether oxygens (including phenoxy) is 1. The van der Waals surface area contributed by atoms with E-state index >= 15 is 0 Å². The van der Waals surface area contributed by atoms with Crippen LogP contribution in [0.15, 0.2) is 42.5 Å². The van der Waals surface area contributed by atoms with Gasteiger partial charge >= 0.3 is 6.36 Å². The van der Waals surface area contributed by atoms with Crippen LogP contribution in [0, 0.1) is 5.21 Å². The molecule has 0 aliphatic carbocycles. The van der Waals surface area contributed by atoms with E-state index in [0.29, 0.717) is 15.0 Å². The van der Waals surface area contributed by atoms with E-state index in [1.54, 1.807) is 0 Å². The van der Waals surface area contributed by atoms with E-state index in [2.05, 4.69) is 16.4 Å². The summed E-state index contributed by atoms with van der Waals surface area (Å²) in [5, 5.41) is 21.4. The molecule has 124 valence electrons. The van der Waals surface area contributed by atoms with Crippen molar-refractivity contribution in [1.29, 1.82) is 0 Å². The van der Waals surface area contributed by atoms with Gasteiger partial charge in [0.05, 0.1) is 5.52 Å². The summed E-state index contributed by atoms with van der Waals surface area (Å²) in [6.45, 7) is 3.20. The third-order valence-corrected chi connectivity index (χ3v) is 3.23. The number of aromatic nitrogens is 2. The van der Waals surface area contributed by atoms with Gasteiger partial charge in [-0.25, -0.2) is 4.98 Å². The molecule has 2 aromatic carbocycles. The predicted molar refractivity (Wildman–Crippen MR) is 79.4 cm³/mol. The molecule has 0 saturated heterocycles. The van der Waals surface area contributed by atoms with Gasteiger partial charge in [-0.3, -0.25) is 0 Å². The maximum atomic E-state index is 12.3. The number of hydrogen-bond donors (Lipinski definition) is 1. The number of fused-ring (bicyclic) bond motifs is 1. The molecule has 0 fully saturated rings. The minimum Gasteiger partial charge on any atom is -0.619 e. The van der Waals surface area contributed by atoms with Crippen molar-refractivity contribution in [2.45, 2.75) is 6.36 Å². The van der Waals surface area contributed by atoms with Crippen molar-refractivity contribution in [1.82, 2.24) is 9.71 Å². The van der Waals surface area contributed by atoms with Crippen LogP contribution < -0.4 is 4.74 Å². The maximum Gasteiger partial charge on any atom is 0.573 e. The van der Waals surface area contributed by atoms with Crippen LogP contribution >= 0.6 is 0 Å². The highest BCUT2D eigenvalue weighted by molar-refractivity contribution is 5.82. The van der Waals surface area contributed by atoms with Crippen LogP contribution in [0.5, 0.6) is 5.75 Å². The molecule has 9 heteroatoms. The third kappa shape index (κ3) is 2.96. The smallest absolute Gasteiger partial charge is 0.573 e. The molecule has 0 radical (unpaired) electrons. The fourth-order valence-corrected chi connectivity index (χ4v) is 2.23. The number of halogens is 3. The van der Waals surface area contributed by atoms with E-state index in [1.807, 2.05) is 0 Å². The largest absolute Gasteiger partial charge is 0.619 e. The standard InChI is InChI=1S/C15H10F3N3O3/c1-20(22)10-5-6-12-13(8-10)21(23)14(19-12)9-3-2-4-11(7-9)24-15(16,17)18/h2-8,23H,1H2. The van der Waals surface area contributed by atoms with Gasteiger partial charge in [-0.1, -0.05) is 12.1 Å². The van der Waals surface area contributed by atoms with E-state index in [-0.39, 0.29) is 22.6 Å². The van der Waals surface area contributed by atoms with Crippen molar-refractivity contribution in [2.24, 2.45) is 0 Å². The van der Waals surface area contributed by atoms with Crippen LogP contribution in [-0.2, 0) is 0 Å². The monoisotopic (exact) mass is 337 g/mol. The molecule has 6 nitrogen and oxygen atoms in total. The lowest BCUT2D eigenvalue weighted by Crippen LogP contribution is -2.17. The summed E-state index contributed by atoms with van der Waals surface area (Å²) in [7, 11) is 0. The lowest BCUT2D eigenvalue weighted by atomic mass is 10.2. The molecular weight excluding hydrogens is 327 g/mol. The Kier molecular flexibility index (Phi) is 3.55. The molecule has 0 aliphatic rings. The molecule has 0 amide bonds. The van der Waals surface area contributed by atoms with Crippen molar-refractivity contribution in [3.05, 3.63) is 47.7 Å². The van der Waals surface area contributed by atoms with Crippen LogP contribution in [-0.4, -0.2) is 32.7 Å². The first-order valence-electron chi connectivity index (χ1n) is 6.60. The first kappa shape index (κ1) is 15.7. The van der Waals surface area contributed by atoms with Gasteiger partial charge in [0.2, 0.25) is 5.69 Å². The van der Waals surface area contributed by atoms with Crippen molar-refractivity contribution >= 4 is 23.4 Å². The van der Waals surface area contributed by atoms with Crippen molar-refractivity contribution < 1.29 is 27.9 Å². The molecule has 1 N–H and O–H groups in total. The summed E-state index contributed by atoms with van der Waals surface area (Å²) in [4.78, 5) is 4.16. The number of imidazole rings is 1. The zero-order valence-electron chi connectivity index (χ0n) is 12.0. The normalized spacial score (nSPS) is 11.6. The number of alkyl halides is 3. The Bertz CT molecular complexity index is 935. The number of benzene rings is 2. The average molecular weight is 337 g/mol. The van der Waals surface area contributed by atoms with E-state index in [1.165, 1.54) is 30.3 Å². The number of nitrogens with zero attached hydrogens (tertiary/aromatic N) is 3. The van der Waals surface area contributed by atoms with Crippen molar-refractivity contribution in [3.8, 4) is 17.1 Å². The summed E-state index contributed by atoms with van der Waals surface area (Å²) < 4.78 is 41.8. The highest BCUT2D eigenvalue weighted by Crippen LogP contribution is 2.30. The van der Waals surface area contributed by atoms with Gasteiger partial charge in [0.1, 0.15) is 18.0 Å². The molecule has 0 saturated carbocycles. The second kappa shape index (κ2) is 5.44. The SMILES string of the molecule is C=[N+]([O-])c1ccc2nc(-c3cccc(OC(F)(F)F)c3)n(O)c2c1. The molecule has 3 rings (SSSR count). The predicted octanol–water partition coefficient (Wildman–Crippen LogP) is 3.68. The molecule has 0 bridgehead atoms. The van der Waals surface area contributed by atoms with E-state index in [9.17, 15) is 23.6 Å². The zero-order chi connectivity index (χ0) is 17.5. The highest BCUT2D eigenvalue weighted by atomic mass is 19.4. The Hall–Kier alpha value is -3.23. The van der Waals surface area contributed by atoms with Gasteiger partial charge in [0, 0.05) is 17.7 Å². The first-order chi connectivity index (χ1) is 11.2. The fourth-order valence-electron chi connectivity index (χ4n) is 2.23. The summed E-state index contributed by atoms with van der Waals surface area (Å²) >= 11 is 0. The number of rotatable bonds is 3. The second-order valence-corrected chi connectivity index (χ2v) is 4.87. The van der Waals surface area contributed by atoms with Gasteiger partial charge in [0.25, 0.3) is 0 Å². The molecule has 0 aliphatic heterocycles. The van der Waals surface area contributed by atoms with Crippen LogP contribution in [0.1, 0.15) is 0 Å². The van der Waals surface area contributed by atoms with E-state index in [4.69, 9.17) is 0 Å². The lowest BCUT2D eigenvalue weighted by Gasteiger charge is -2.09. The molecule has 3 aromatic rings. The third-order valence-electron chi connectivity index (χ3n) is 3.23. The first-order valence-corrected chi connectivity index (χ1v) is 6.60. The van der Waals surface area contributed by atoms with Gasteiger partial charge in [0.15, 0.2) is 5.82 Å². The van der Waals surface area contributed by atoms with E-state index in [0.717, 1.165) is 12.1 Å². The summed E-state index contributed by atoms with van der Waals surface area (Å²) in [5.41, 5.74) is 0.985. The molecule has 0 spiro atoms. The molecule has 24 heavy (non-hydrogen) atoms. The summed E-state index contributed by atoms with van der Waals surface area (Å²) in [5.74, 6) is -0.424. The fraction of sp³-hybridized carbons (Fsp3) is 0.0667. The summed E-state index contributed by atoms with van der Waals surface area (Å²) in [6, 6.07) is 9.37. The highest BCUT2D eigenvalue weighted by Gasteiger charge is 2.31. The maximum absolute atomic E-state index is 12.3. The Balaban J connectivity index is 2.08. The quantitative estimate of drug-likeness (QED) is 0.260. The molecule has 0 unspecified atom stereocenters. The lowest BCUT2D eigenvalue weighted by molar-refractivity contribution is -0.349. The van der Waals surface area contributed by atoms with Crippen LogP contribution in [0.4, 0.5) is 18.9 Å². The van der Waals surface area contributed by atoms with Crippen LogP contribution in [0.2, 0.25) is 0 Å². The Labute approximate surface area is 133 Å². The van der Waals surface area contributed by atoms with Gasteiger partial charge in [-0.2, -0.15) is 9.47 Å². The summed E-state index contributed by atoms with van der Waals surface area (Å²) in [6.07, 6.45) is -4.82. The van der Waals surface area contributed by atoms with Crippen LogP contribution in [0.3, 0.4) is 0 Å². The molecule has 1 heterocycles. The minimum absolute atomic E-state index is 0.0104. The number of hydrogen-bond acceptors (Lipinski definition) is 4. The molecule has 1 aromatic heterocycles. The Morgan fingerprint density at radius 1 is 1.21 bits per heavy atom. The van der Waals surface area contributed by atoms with Crippen LogP contribution in [0.25, 0.3) is 22.4 Å². The van der Waals surface area contributed by atoms with Crippen molar-refractivity contribution in [3.63, 3.8) is 0 Å². The van der Waals surface area contributed by atoms with E-state index < -0.39 is 12.1 Å². The van der Waals surface area contributed by atoms with Crippen molar-refractivity contribution in [2.75, 3.05) is 0 Å². The minimum atomic E-state index is -4.82. The van der Waals surface area contributed by atoms with Gasteiger partial charge in [-0.15, -0.1) is 13.2 Å². The second-order valence-electron chi connectivity index (χ2n) is 4.87. The zero-order valence-corrected chi connectivity index (χ0v) is 12.0. The van der Waals surface area contributed by atoms with Gasteiger partial charge < -0.3 is 15.2 Å². The average Bonchev–Trinajstić information content (AvgIpc) is 2.82. The molecule has 0 atom stereocenters. The Morgan fingerprint density at radius 3 is 2.62 bits per heavy atom. The Morgan fingerprint density at radius 2 is 1.96 bits per heavy atom. The topological polar surface area (TPSA) is 73.3 Å². The molecular formula is C15H10F3N3O3.